The molecule has 6 nitrogen and oxygen atoms in total. The molecular formula is C19H29NO5. The van der Waals surface area contributed by atoms with Crippen molar-refractivity contribution >= 4 is 11.9 Å². The molecule has 0 radical (unpaired) electrons. The lowest BCUT2D eigenvalue weighted by atomic mass is 9.82. The molecule has 1 aliphatic rings. The molecule has 0 amide bonds. The summed E-state index contributed by atoms with van der Waals surface area (Å²) in [5.74, 6) is 0.0365. The number of carbonyl (C=O) groups excluding carboxylic acids is 1. The molecule has 1 fully saturated rings. The van der Waals surface area contributed by atoms with E-state index in [0.29, 0.717) is 24.6 Å². The highest BCUT2D eigenvalue weighted by molar-refractivity contribution is 5.75. The lowest BCUT2D eigenvalue weighted by molar-refractivity contribution is -0.140. The van der Waals surface area contributed by atoms with Crippen LogP contribution in [0.25, 0.3) is 0 Å². The van der Waals surface area contributed by atoms with Gasteiger partial charge in [0.15, 0.2) is 0 Å². The maximum absolute atomic E-state index is 12.1. The summed E-state index contributed by atoms with van der Waals surface area (Å²) in [6.07, 6.45) is 4.25. The van der Waals surface area contributed by atoms with Crippen LogP contribution in [0.5, 0.6) is 5.75 Å². The summed E-state index contributed by atoms with van der Waals surface area (Å²) in [5.41, 5.74) is 6.57. The van der Waals surface area contributed by atoms with Gasteiger partial charge >= 0.3 is 11.9 Å². The Morgan fingerprint density at radius 2 is 1.72 bits per heavy atom. The normalized spacial score (nSPS) is 19.5. The van der Waals surface area contributed by atoms with E-state index in [1.165, 1.54) is 0 Å². The van der Waals surface area contributed by atoms with Crippen molar-refractivity contribution in [1.82, 2.24) is 0 Å². The standard InChI is InChI=1S/C17H23NO4.C2H6O/c18-11-13-1-6-14(7-2-13)17(21)22-15-8-3-12(4-9-15)5-10-16(19)20;1-2-3/h3-4,8-9,13-14H,1-2,5-7,10-11,18H2,(H,19,20);3H,2H2,1H3. The van der Waals surface area contributed by atoms with Crippen LogP contribution in [0.15, 0.2) is 24.3 Å². The van der Waals surface area contributed by atoms with Gasteiger partial charge in [0.25, 0.3) is 0 Å². The minimum absolute atomic E-state index is 0.0329. The number of carboxylic acids is 1. The molecule has 0 heterocycles. The smallest absolute Gasteiger partial charge is 0.314 e. The molecule has 1 aromatic rings. The van der Waals surface area contributed by atoms with Crippen LogP contribution in [0.3, 0.4) is 0 Å². The fourth-order valence-corrected chi connectivity index (χ4v) is 2.81. The van der Waals surface area contributed by atoms with E-state index < -0.39 is 5.97 Å². The summed E-state index contributed by atoms with van der Waals surface area (Å²) in [6.45, 7) is 2.62. The van der Waals surface area contributed by atoms with Gasteiger partial charge in [0.05, 0.1) is 5.92 Å². The molecule has 25 heavy (non-hydrogen) atoms. The van der Waals surface area contributed by atoms with Gasteiger partial charge in [-0.05, 0) is 69.2 Å². The monoisotopic (exact) mass is 351 g/mol. The lowest BCUT2D eigenvalue weighted by Crippen LogP contribution is -2.28. The molecule has 1 aromatic carbocycles. The molecule has 6 heteroatoms. The molecular weight excluding hydrogens is 322 g/mol. The van der Waals surface area contributed by atoms with E-state index in [9.17, 15) is 9.59 Å². The summed E-state index contributed by atoms with van der Waals surface area (Å²) in [4.78, 5) is 22.7. The van der Waals surface area contributed by atoms with Gasteiger partial charge in [-0.3, -0.25) is 9.59 Å². The number of rotatable bonds is 6. The number of aryl methyl sites for hydroxylation is 1. The molecule has 0 bridgehead atoms. The van der Waals surface area contributed by atoms with Gasteiger partial charge in [-0.1, -0.05) is 12.1 Å². The molecule has 0 saturated heterocycles. The number of nitrogens with two attached hydrogens (primary N) is 1. The molecule has 2 rings (SSSR count). The van der Waals surface area contributed by atoms with Gasteiger partial charge in [0, 0.05) is 13.0 Å². The Morgan fingerprint density at radius 3 is 2.20 bits per heavy atom. The maximum atomic E-state index is 12.1. The number of hydrogen-bond acceptors (Lipinski definition) is 5. The number of carboxylic acid groups (broad SMARTS) is 1. The number of aliphatic hydroxyl groups excluding tert-OH is 1. The second-order valence-electron chi connectivity index (χ2n) is 6.23. The largest absolute Gasteiger partial charge is 0.481 e. The van der Waals surface area contributed by atoms with Crippen LogP contribution in [0, 0.1) is 11.8 Å². The van der Waals surface area contributed by atoms with Crippen molar-refractivity contribution in [2.45, 2.75) is 45.4 Å². The third-order valence-electron chi connectivity index (χ3n) is 4.28. The van der Waals surface area contributed by atoms with Crippen LogP contribution >= 0.6 is 0 Å². The van der Waals surface area contributed by atoms with E-state index in [1.54, 1.807) is 31.2 Å². The summed E-state index contributed by atoms with van der Waals surface area (Å²) < 4.78 is 5.42. The zero-order valence-corrected chi connectivity index (χ0v) is 14.8. The second kappa shape index (κ2) is 11.6. The molecule has 0 atom stereocenters. The van der Waals surface area contributed by atoms with E-state index >= 15 is 0 Å². The first-order valence-corrected chi connectivity index (χ1v) is 8.83. The Hall–Kier alpha value is -1.92. The van der Waals surface area contributed by atoms with Crippen molar-refractivity contribution in [3.05, 3.63) is 29.8 Å². The second-order valence-corrected chi connectivity index (χ2v) is 6.23. The van der Waals surface area contributed by atoms with Gasteiger partial charge in [-0.15, -0.1) is 0 Å². The highest BCUT2D eigenvalue weighted by atomic mass is 16.5. The summed E-state index contributed by atoms with van der Waals surface area (Å²) in [5, 5.41) is 16.2. The highest BCUT2D eigenvalue weighted by Crippen LogP contribution is 2.29. The van der Waals surface area contributed by atoms with Crippen molar-refractivity contribution in [2.75, 3.05) is 13.2 Å². The van der Waals surface area contributed by atoms with Crippen LogP contribution in [-0.4, -0.2) is 35.3 Å². The van der Waals surface area contributed by atoms with Crippen molar-refractivity contribution in [3.63, 3.8) is 0 Å². The zero-order chi connectivity index (χ0) is 18.7. The lowest BCUT2D eigenvalue weighted by Gasteiger charge is -2.26. The van der Waals surface area contributed by atoms with Gasteiger partial charge in [-0.2, -0.15) is 0 Å². The molecule has 0 aromatic heterocycles. The number of aliphatic carboxylic acids is 1. The van der Waals surface area contributed by atoms with E-state index in [1.807, 2.05) is 0 Å². The Labute approximate surface area is 149 Å². The topological polar surface area (TPSA) is 110 Å². The Bertz CT molecular complexity index is 521. The fourth-order valence-electron chi connectivity index (χ4n) is 2.81. The number of carbonyl (C=O) groups is 2. The van der Waals surface area contributed by atoms with Crippen LogP contribution in [-0.2, 0) is 16.0 Å². The van der Waals surface area contributed by atoms with Crippen molar-refractivity contribution < 1.29 is 24.5 Å². The molecule has 0 aliphatic heterocycles. The Balaban J connectivity index is 0.000000970. The Kier molecular flexibility index (Phi) is 9.80. The Morgan fingerprint density at radius 1 is 1.16 bits per heavy atom. The van der Waals surface area contributed by atoms with Crippen LogP contribution < -0.4 is 10.5 Å². The molecule has 4 N–H and O–H groups in total. The van der Waals surface area contributed by atoms with Gasteiger partial charge < -0.3 is 20.7 Å². The minimum Gasteiger partial charge on any atom is -0.481 e. The van der Waals surface area contributed by atoms with Crippen LogP contribution in [0.4, 0.5) is 0 Å². The third kappa shape index (κ3) is 8.14. The van der Waals surface area contributed by atoms with E-state index in [2.05, 4.69) is 0 Å². The predicted molar refractivity (Wildman–Crippen MR) is 95.3 cm³/mol. The third-order valence-corrected chi connectivity index (χ3v) is 4.28. The predicted octanol–water partition coefficient (Wildman–Crippen LogP) is 2.37. The minimum atomic E-state index is -0.816. The first kappa shape index (κ1) is 21.1. The summed E-state index contributed by atoms with van der Waals surface area (Å²) in [7, 11) is 0. The van der Waals surface area contributed by atoms with Gasteiger partial charge in [0.2, 0.25) is 0 Å². The number of esters is 1. The first-order chi connectivity index (χ1) is 12.0. The van der Waals surface area contributed by atoms with Crippen molar-refractivity contribution in [1.29, 1.82) is 0 Å². The summed E-state index contributed by atoms with van der Waals surface area (Å²) in [6, 6.07) is 7.05. The zero-order valence-electron chi connectivity index (χ0n) is 14.8. The first-order valence-electron chi connectivity index (χ1n) is 8.83. The quantitative estimate of drug-likeness (QED) is 0.536. The number of hydrogen-bond donors (Lipinski definition) is 3. The van der Waals surface area contributed by atoms with E-state index in [-0.39, 0.29) is 24.9 Å². The molecule has 0 unspecified atom stereocenters. The van der Waals surface area contributed by atoms with E-state index in [4.69, 9.17) is 20.7 Å². The van der Waals surface area contributed by atoms with Crippen LogP contribution in [0.2, 0.25) is 0 Å². The van der Waals surface area contributed by atoms with Crippen molar-refractivity contribution in [2.24, 2.45) is 17.6 Å². The number of ether oxygens (including phenoxy) is 1. The van der Waals surface area contributed by atoms with Crippen LogP contribution in [0.1, 0.15) is 44.6 Å². The average Bonchev–Trinajstić information content (AvgIpc) is 2.62. The van der Waals surface area contributed by atoms with Gasteiger partial charge in [0.1, 0.15) is 5.75 Å². The molecule has 1 saturated carbocycles. The SMILES string of the molecule is CCO.NCC1CCC(C(=O)Oc2ccc(CCC(=O)O)cc2)CC1. The summed E-state index contributed by atoms with van der Waals surface area (Å²) >= 11 is 0. The maximum Gasteiger partial charge on any atom is 0.314 e. The highest BCUT2D eigenvalue weighted by Gasteiger charge is 2.27. The molecule has 140 valence electrons. The van der Waals surface area contributed by atoms with Crippen molar-refractivity contribution in [3.8, 4) is 5.75 Å². The fraction of sp³-hybridized carbons (Fsp3) is 0.579. The molecule has 0 spiro atoms. The number of aliphatic hydroxyl groups is 1. The number of benzene rings is 1. The average molecular weight is 351 g/mol. The van der Waals surface area contributed by atoms with E-state index in [0.717, 1.165) is 31.2 Å². The molecule has 1 aliphatic carbocycles. The van der Waals surface area contributed by atoms with Gasteiger partial charge in [-0.25, -0.2) is 0 Å².